The predicted molar refractivity (Wildman–Crippen MR) is 95.2 cm³/mol. The molecule has 0 bridgehead atoms. The molecule has 1 amide bonds. The van der Waals surface area contributed by atoms with Gasteiger partial charge in [0, 0.05) is 24.0 Å². The van der Waals surface area contributed by atoms with E-state index in [1.54, 1.807) is 28.4 Å². The monoisotopic (exact) mass is 340 g/mol. The molecule has 124 valence electrons. The minimum absolute atomic E-state index is 0.00129. The summed E-state index contributed by atoms with van der Waals surface area (Å²) in [4.78, 5) is 16.8. The molecule has 3 aromatic rings. The van der Waals surface area contributed by atoms with Crippen LogP contribution in [-0.2, 0) is 16.8 Å². The van der Waals surface area contributed by atoms with Crippen molar-refractivity contribution in [3.8, 4) is 5.69 Å². The number of rotatable bonds is 6. The van der Waals surface area contributed by atoms with Crippen LogP contribution >= 0.6 is 11.3 Å². The smallest absolute Gasteiger partial charge is 0.225 e. The number of thiazole rings is 1. The SMILES string of the molecule is CCC(C)(NC(=O)Cc1ccc(-n2cccn2)cc1)c1nccs1. The average molecular weight is 340 g/mol. The van der Waals surface area contributed by atoms with Crippen LogP contribution in [0.5, 0.6) is 0 Å². The van der Waals surface area contributed by atoms with Crippen LogP contribution in [0.2, 0.25) is 0 Å². The lowest BCUT2D eigenvalue weighted by Gasteiger charge is -2.27. The highest BCUT2D eigenvalue weighted by Crippen LogP contribution is 2.26. The Balaban J connectivity index is 1.66. The Bertz CT molecular complexity index is 781. The van der Waals surface area contributed by atoms with Crippen molar-refractivity contribution in [2.75, 3.05) is 0 Å². The van der Waals surface area contributed by atoms with Crippen molar-refractivity contribution >= 4 is 17.2 Å². The van der Waals surface area contributed by atoms with Crippen LogP contribution in [-0.4, -0.2) is 20.7 Å². The van der Waals surface area contributed by atoms with Gasteiger partial charge in [0.05, 0.1) is 17.6 Å². The maximum Gasteiger partial charge on any atom is 0.225 e. The minimum atomic E-state index is -0.416. The van der Waals surface area contributed by atoms with Crippen molar-refractivity contribution in [2.45, 2.75) is 32.2 Å². The van der Waals surface area contributed by atoms with Gasteiger partial charge in [-0.25, -0.2) is 9.67 Å². The van der Waals surface area contributed by atoms with E-state index in [4.69, 9.17) is 0 Å². The van der Waals surface area contributed by atoms with Crippen molar-refractivity contribution in [2.24, 2.45) is 0 Å². The molecule has 0 aliphatic carbocycles. The number of hydrogen-bond acceptors (Lipinski definition) is 4. The van der Waals surface area contributed by atoms with E-state index in [0.717, 1.165) is 22.7 Å². The van der Waals surface area contributed by atoms with Gasteiger partial charge in [-0.3, -0.25) is 4.79 Å². The van der Waals surface area contributed by atoms with E-state index < -0.39 is 5.54 Å². The molecule has 0 radical (unpaired) electrons. The summed E-state index contributed by atoms with van der Waals surface area (Å²) in [7, 11) is 0. The summed E-state index contributed by atoms with van der Waals surface area (Å²) >= 11 is 1.57. The van der Waals surface area contributed by atoms with E-state index >= 15 is 0 Å². The fraction of sp³-hybridized carbons (Fsp3) is 0.278. The van der Waals surface area contributed by atoms with Crippen molar-refractivity contribution in [3.05, 3.63) is 64.9 Å². The van der Waals surface area contributed by atoms with Gasteiger partial charge < -0.3 is 5.32 Å². The number of amides is 1. The third-order valence-electron chi connectivity index (χ3n) is 4.10. The number of hydrogen-bond donors (Lipinski definition) is 1. The van der Waals surface area contributed by atoms with Crippen molar-refractivity contribution in [3.63, 3.8) is 0 Å². The normalized spacial score (nSPS) is 13.4. The third kappa shape index (κ3) is 3.54. The number of nitrogens with zero attached hydrogens (tertiary/aromatic N) is 3. The van der Waals surface area contributed by atoms with Gasteiger partial charge in [0.25, 0.3) is 0 Å². The number of carbonyl (C=O) groups is 1. The first kappa shape index (κ1) is 16.4. The van der Waals surface area contributed by atoms with Crippen LogP contribution in [0.3, 0.4) is 0 Å². The van der Waals surface area contributed by atoms with Gasteiger partial charge in [0.15, 0.2) is 0 Å². The molecule has 1 N–H and O–H groups in total. The lowest BCUT2D eigenvalue weighted by Crippen LogP contribution is -2.43. The lowest BCUT2D eigenvalue weighted by atomic mass is 9.99. The summed E-state index contributed by atoms with van der Waals surface area (Å²) in [6.45, 7) is 4.07. The van der Waals surface area contributed by atoms with E-state index in [1.165, 1.54) is 0 Å². The van der Waals surface area contributed by atoms with Gasteiger partial charge in [0.2, 0.25) is 5.91 Å². The molecule has 1 aromatic carbocycles. The zero-order valence-corrected chi connectivity index (χ0v) is 14.6. The van der Waals surface area contributed by atoms with Crippen molar-refractivity contribution < 1.29 is 4.79 Å². The Labute approximate surface area is 145 Å². The lowest BCUT2D eigenvalue weighted by molar-refractivity contribution is -0.122. The summed E-state index contributed by atoms with van der Waals surface area (Å²) in [6, 6.07) is 9.74. The second-order valence-electron chi connectivity index (χ2n) is 5.86. The van der Waals surface area contributed by atoms with E-state index in [9.17, 15) is 4.79 Å². The van der Waals surface area contributed by atoms with Gasteiger partial charge in [-0.15, -0.1) is 11.3 Å². The van der Waals surface area contributed by atoms with Crippen LogP contribution < -0.4 is 5.32 Å². The quantitative estimate of drug-likeness (QED) is 0.749. The molecule has 0 saturated carbocycles. The summed E-state index contributed by atoms with van der Waals surface area (Å²) in [5.41, 5.74) is 1.53. The average Bonchev–Trinajstić information content (AvgIpc) is 3.29. The molecular formula is C18H20N4OS. The van der Waals surface area contributed by atoms with Gasteiger partial charge in [-0.1, -0.05) is 19.1 Å². The third-order valence-corrected chi connectivity index (χ3v) is 5.13. The summed E-state index contributed by atoms with van der Waals surface area (Å²) in [5.74, 6) is 0.00129. The Kier molecular flexibility index (Phi) is 4.76. The Morgan fingerprint density at radius 2 is 2.08 bits per heavy atom. The fourth-order valence-corrected chi connectivity index (χ4v) is 3.34. The molecule has 5 nitrogen and oxygen atoms in total. The highest BCUT2D eigenvalue weighted by Gasteiger charge is 2.29. The Hall–Kier alpha value is -2.47. The molecule has 0 fully saturated rings. The molecule has 0 aliphatic heterocycles. The van der Waals surface area contributed by atoms with Crippen LogP contribution in [0, 0.1) is 0 Å². The number of aromatic nitrogens is 3. The molecule has 1 atom stereocenters. The van der Waals surface area contributed by atoms with Crippen LogP contribution in [0.15, 0.2) is 54.3 Å². The first-order chi connectivity index (χ1) is 11.6. The molecule has 0 saturated heterocycles. The van der Waals surface area contributed by atoms with Crippen molar-refractivity contribution in [1.82, 2.24) is 20.1 Å². The first-order valence-corrected chi connectivity index (χ1v) is 8.78. The number of benzene rings is 1. The molecule has 0 spiro atoms. The van der Waals surface area contributed by atoms with Gasteiger partial charge in [-0.2, -0.15) is 5.10 Å². The first-order valence-electron chi connectivity index (χ1n) is 7.90. The van der Waals surface area contributed by atoms with Crippen LogP contribution in [0.4, 0.5) is 0 Å². The fourth-order valence-electron chi connectivity index (χ4n) is 2.51. The minimum Gasteiger partial charge on any atom is -0.344 e. The molecule has 2 aromatic heterocycles. The van der Waals surface area contributed by atoms with Crippen LogP contribution in [0.25, 0.3) is 5.69 Å². The van der Waals surface area contributed by atoms with Gasteiger partial charge in [0.1, 0.15) is 5.01 Å². The second-order valence-corrected chi connectivity index (χ2v) is 6.76. The molecule has 24 heavy (non-hydrogen) atoms. The zero-order chi connectivity index (χ0) is 17.0. The highest BCUT2D eigenvalue weighted by molar-refractivity contribution is 7.09. The van der Waals surface area contributed by atoms with E-state index in [2.05, 4.69) is 22.3 Å². The zero-order valence-electron chi connectivity index (χ0n) is 13.8. The summed E-state index contributed by atoms with van der Waals surface area (Å²) in [6.07, 6.45) is 6.55. The van der Waals surface area contributed by atoms with Gasteiger partial charge >= 0.3 is 0 Å². The van der Waals surface area contributed by atoms with Crippen molar-refractivity contribution in [1.29, 1.82) is 0 Å². The number of carbonyl (C=O) groups excluding carboxylic acids is 1. The highest BCUT2D eigenvalue weighted by atomic mass is 32.1. The molecule has 6 heteroatoms. The summed E-state index contributed by atoms with van der Waals surface area (Å²) < 4.78 is 1.79. The number of nitrogens with one attached hydrogen (secondary N) is 1. The van der Waals surface area contributed by atoms with Gasteiger partial charge in [-0.05, 0) is 37.1 Å². The molecule has 0 aliphatic rings. The van der Waals surface area contributed by atoms with E-state index in [-0.39, 0.29) is 5.91 Å². The topological polar surface area (TPSA) is 59.8 Å². The predicted octanol–water partition coefficient (Wildman–Crippen LogP) is 3.31. The van der Waals surface area contributed by atoms with E-state index in [0.29, 0.717) is 6.42 Å². The summed E-state index contributed by atoms with van der Waals surface area (Å²) in [5, 5.41) is 10.2. The maximum absolute atomic E-state index is 12.4. The second kappa shape index (κ2) is 6.97. The standard InChI is InChI=1S/C18H20N4OS/c1-3-18(2,17-19-10-12-24-17)21-16(23)13-14-5-7-15(8-6-14)22-11-4-9-20-22/h4-12H,3,13H2,1-2H3,(H,21,23). The Morgan fingerprint density at radius 1 is 1.29 bits per heavy atom. The molecule has 1 unspecified atom stereocenters. The molecule has 2 heterocycles. The molecule has 3 rings (SSSR count). The van der Waals surface area contributed by atoms with E-state index in [1.807, 2.05) is 48.8 Å². The van der Waals surface area contributed by atoms with Crippen LogP contribution in [0.1, 0.15) is 30.8 Å². The maximum atomic E-state index is 12.4. The Morgan fingerprint density at radius 3 is 2.67 bits per heavy atom. The largest absolute Gasteiger partial charge is 0.344 e. The molecular weight excluding hydrogens is 320 g/mol.